The molecule has 4 nitrogen and oxygen atoms in total. The molecule has 0 N–H and O–H groups in total. The topological polar surface area (TPSA) is 41.9 Å². The van der Waals surface area contributed by atoms with Crippen LogP contribution in [0.15, 0.2) is 77.8 Å². The molecule has 0 aliphatic carbocycles. The Balaban J connectivity index is 1.42. The summed E-state index contributed by atoms with van der Waals surface area (Å²) in [5, 5.41) is 1.48. The molecular formula is C24H19ClN2O2S. The van der Waals surface area contributed by atoms with Crippen molar-refractivity contribution in [3.63, 3.8) is 0 Å². The lowest BCUT2D eigenvalue weighted by Crippen LogP contribution is -2.38. The monoisotopic (exact) mass is 434 g/mol. The van der Waals surface area contributed by atoms with E-state index >= 15 is 0 Å². The lowest BCUT2D eigenvalue weighted by molar-refractivity contribution is -0.127. The first-order chi connectivity index (χ1) is 14.7. The highest BCUT2D eigenvalue weighted by Gasteiger charge is 2.37. The van der Waals surface area contributed by atoms with Crippen LogP contribution in [0.5, 0.6) is 11.5 Å². The second-order valence-corrected chi connectivity index (χ2v) is 8.56. The van der Waals surface area contributed by atoms with E-state index < -0.39 is 5.92 Å². The summed E-state index contributed by atoms with van der Waals surface area (Å²) in [6, 6.07) is 23.3. The fourth-order valence-corrected chi connectivity index (χ4v) is 5.07. The zero-order chi connectivity index (χ0) is 20.5. The molecule has 0 aromatic heterocycles. The average Bonchev–Trinajstić information content (AvgIpc) is 3.24. The molecule has 2 aliphatic rings. The van der Waals surface area contributed by atoms with Crippen LogP contribution < -0.4 is 4.74 Å². The van der Waals surface area contributed by atoms with Crippen LogP contribution >= 0.6 is 23.4 Å². The Bertz CT molecular complexity index is 1100. The highest BCUT2D eigenvalue weighted by atomic mass is 35.5. The quantitative estimate of drug-likeness (QED) is 0.530. The maximum absolute atomic E-state index is 13.8. The normalized spacial score (nSPS) is 15.2. The van der Waals surface area contributed by atoms with E-state index in [1.807, 2.05) is 77.7 Å². The number of carbonyl (C=O) groups excluding carboxylic acids is 1. The first-order valence-electron chi connectivity index (χ1n) is 9.79. The second-order valence-electron chi connectivity index (χ2n) is 7.18. The van der Waals surface area contributed by atoms with Crippen molar-refractivity contribution in [2.75, 3.05) is 13.1 Å². The molecule has 0 spiro atoms. The zero-order valence-electron chi connectivity index (χ0n) is 16.1. The van der Waals surface area contributed by atoms with Crippen LogP contribution in [0.4, 0.5) is 0 Å². The molecule has 0 radical (unpaired) electrons. The van der Waals surface area contributed by atoms with Crippen molar-refractivity contribution in [3.05, 3.63) is 94.5 Å². The van der Waals surface area contributed by atoms with Gasteiger partial charge < -0.3 is 4.74 Å². The van der Waals surface area contributed by atoms with Gasteiger partial charge in [-0.15, -0.1) is 0 Å². The number of aliphatic imine (C=N–C) groups is 1. The largest absolute Gasteiger partial charge is 0.457 e. The van der Waals surface area contributed by atoms with Gasteiger partial charge in [0.1, 0.15) is 11.5 Å². The van der Waals surface area contributed by atoms with Gasteiger partial charge in [0.15, 0.2) is 5.17 Å². The number of rotatable bonds is 3. The van der Waals surface area contributed by atoms with Crippen molar-refractivity contribution in [3.8, 4) is 11.5 Å². The molecule has 1 amide bonds. The van der Waals surface area contributed by atoms with Gasteiger partial charge in [0.25, 0.3) is 0 Å². The minimum Gasteiger partial charge on any atom is -0.457 e. The van der Waals surface area contributed by atoms with Gasteiger partial charge in [0.2, 0.25) is 5.91 Å². The van der Waals surface area contributed by atoms with Crippen LogP contribution in [0.3, 0.4) is 0 Å². The number of thioether (sulfide) groups is 1. The van der Waals surface area contributed by atoms with E-state index in [-0.39, 0.29) is 5.91 Å². The Hall–Kier alpha value is -2.76. The SMILES string of the molecule is O=C(C1c2ccccc2Oc2ccccc21)N1CCN=C1SCc1cccc(Cl)c1. The molecule has 0 unspecified atom stereocenters. The predicted octanol–water partition coefficient (Wildman–Crippen LogP) is 5.71. The lowest BCUT2D eigenvalue weighted by Gasteiger charge is -2.30. The number of fused-ring (bicyclic) bond motifs is 2. The Kier molecular flexibility index (Phi) is 5.23. The van der Waals surface area contributed by atoms with Crippen molar-refractivity contribution in [2.24, 2.45) is 4.99 Å². The molecule has 30 heavy (non-hydrogen) atoms. The Morgan fingerprint density at radius 3 is 2.43 bits per heavy atom. The number of amides is 1. The van der Waals surface area contributed by atoms with Crippen molar-refractivity contribution in [1.82, 2.24) is 4.90 Å². The fourth-order valence-electron chi connectivity index (χ4n) is 3.86. The number of benzene rings is 3. The number of hydrogen-bond donors (Lipinski definition) is 0. The summed E-state index contributed by atoms with van der Waals surface area (Å²) in [4.78, 5) is 20.2. The molecular weight excluding hydrogens is 416 g/mol. The van der Waals surface area contributed by atoms with Gasteiger partial charge in [0.05, 0.1) is 12.5 Å². The van der Waals surface area contributed by atoms with Crippen LogP contribution in [-0.2, 0) is 10.5 Å². The number of amidine groups is 1. The summed E-state index contributed by atoms with van der Waals surface area (Å²) >= 11 is 7.67. The lowest BCUT2D eigenvalue weighted by atomic mass is 9.87. The van der Waals surface area contributed by atoms with E-state index in [4.69, 9.17) is 16.3 Å². The Morgan fingerprint density at radius 1 is 1.03 bits per heavy atom. The number of halogens is 1. The van der Waals surface area contributed by atoms with Crippen LogP contribution in [0.2, 0.25) is 5.02 Å². The Morgan fingerprint density at radius 2 is 1.73 bits per heavy atom. The second kappa shape index (κ2) is 8.17. The van der Waals surface area contributed by atoms with E-state index in [2.05, 4.69) is 4.99 Å². The molecule has 0 atom stereocenters. The van der Waals surface area contributed by atoms with Gasteiger partial charge in [-0.1, -0.05) is 71.9 Å². The van der Waals surface area contributed by atoms with Crippen LogP contribution in [0.25, 0.3) is 0 Å². The number of hydrogen-bond acceptors (Lipinski definition) is 4. The highest BCUT2D eigenvalue weighted by molar-refractivity contribution is 8.13. The maximum Gasteiger partial charge on any atom is 0.240 e. The first kappa shape index (κ1) is 19.2. The molecule has 3 aromatic carbocycles. The van der Waals surface area contributed by atoms with E-state index in [1.165, 1.54) is 0 Å². The third-order valence-electron chi connectivity index (χ3n) is 5.25. The molecule has 6 heteroatoms. The summed E-state index contributed by atoms with van der Waals surface area (Å²) in [7, 11) is 0. The smallest absolute Gasteiger partial charge is 0.240 e. The van der Waals surface area contributed by atoms with Crippen LogP contribution in [-0.4, -0.2) is 29.1 Å². The molecule has 0 fully saturated rings. The molecule has 5 rings (SSSR count). The highest BCUT2D eigenvalue weighted by Crippen LogP contribution is 2.45. The van der Waals surface area contributed by atoms with E-state index in [1.54, 1.807) is 11.8 Å². The summed E-state index contributed by atoms with van der Waals surface area (Å²) < 4.78 is 6.05. The van der Waals surface area contributed by atoms with Crippen molar-refractivity contribution < 1.29 is 9.53 Å². The van der Waals surface area contributed by atoms with E-state index in [9.17, 15) is 4.79 Å². The number of para-hydroxylation sites is 2. The molecule has 0 saturated heterocycles. The number of ether oxygens (including phenoxy) is 1. The third-order valence-corrected chi connectivity index (χ3v) is 6.57. The van der Waals surface area contributed by atoms with Crippen LogP contribution in [0.1, 0.15) is 22.6 Å². The zero-order valence-corrected chi connectivity index (χ0v) is 17.7. The summed E-state index contributed by atoms with van der Waals surface area (Å²) in [5.41, 5.74) is 2.90. The number of nitrogens with zero attached hydrogens (tertiary/aromatic N) is 2. The van der Waals surface area contributed by atoms with Gasteiger partial charge in [-0.05, 0) is 29.8 Å². The predicted molar refractivity (Wildman–Crippen MR) is 122 cm³/mol. The van der Waals surface area contributed by atoms with Gasteiger partial charge in [-0.3, -0.25) is 14.7 Å². The van der Waals surface area contributed by atoms with Crippen molar-refractivity contribution >= 4 is 34.4 Å². The van der Waals surface area contributed by atoms with Gasteiger partial charge in [-0.2, -0.15) is 0 Å². The molecule has 2 aliphatic heterocycles. The molecule has 0 saturated carbocycles. The average molecular weight is 435 g/mol. The van der Waals surface area contributed by atoms with Gasteiger partial charge >= 0.3 is 0 Å². The van der Waals surface area contributed by atoms with Crippen LogP contribution in [0, 0.1) is 0 Å². The standard InChI is InChI=1S/C24H19ClN2O2S/c25-17-7-5-6-16(14-17)15-30-24-26-12-13-27(24)23(28)22-18-8-1-3-10-20(18)29-21-11-4-2-9-19(21)22/h1-11,14,22H,12-13,15H2. The molecule has 0 bridgehead atoms. The molecule has 3 aromatic rings. The summed E-state index contributed by atoms with van der Waals surface area (Å²) in [6.07, 6.45) is 0. The molecule has 2 heterocycles. The van der Waals surface area contributed by atoms with Gasteiger partial charge in [-0.25, -0.2) is 0 Å². The minimum atomic E-state index is -0.402. The van der Waals surface area contributed by atoms with E-state index in [0.29, 0.717) is 23.9 Å². The van der Waals surface area contributed by atoms with Crippen molar-refractivity contribution in [1.29, 1.82) is 0 Å². The first-order valence-corrected chi connectivity index (χ1v) is 11.2. The molecule has 150 valence electrons. The summed E-state index contributed by atoms with van der Waals surface area (Å²) in [5.74, 6) is 1.82. The summed E-state index contributed by atoms with van der Waals surface area (Å²) in [6.45, 7) is 1.22. The van der Waals surface area contributed by atoms with E-state index in [0.717, 1.165) is 33.4 Å². The Labute approximate surface area is 184 Å². The maximum atomic E-state index is 13.8. The van der Waals surface area contributed by atoms with Crippen molar-refractivity contribution in [2.45, 2.75) is 11.7 Å². The fraction of sp³-hybridized carbons (Fsp3) is 0.167. The number of carbonyl (C=O) groups is 1. The van der Waals surface area contributed by atoms with Gasteiger partial charge in [0, 0.05) is 28.4 Å². The third kappa shape index (κ3) is 3.59. The minimum absolute atomic E-state index is 0.0352.